The van der Waals surface area contributed by atoms with Gasteiger partial charge in [0.15, 0.2) is 5.82 Å². The molecule has 19 heavy (non-hydrogen) atoms. The van der Waals surface area contributed by atoms with Crippen LogP contribution in [0.2, 0.25) is 0 Å². The largest absolute Gasteiger partial charge is 0.486 e. The Hall–Kier alpha value is -1.93. The number of aromatic nitrogens is 3. The summed E-state index contributed by atoms with van der Waals surface area (Å²) in [6.07, 6.45) is 1.58. The van der Waals surface area contributed by atoms with Gasteiger partial charge in [-0.3, -0.25) is 0 Å². The Morgan fingerprint density at radius 3 is 2.68 bits per heavy atom. The van der Waals surface area contributed by atoms with Crippen molar-refractivity contribution in [2.75, 3.05) is 0 Å². The second-order valence-corrected chi connectivity index (χ2v) is 5.65. The maximum atomic E-state index is 11.3. The Labute approximate surface area is 111 Å². The molecule has 2 rings (SSSR count). The zero-order chi connectivity index (χ0) is 14.0. The lowest BCUT2D eigenvalue weighted by Crippen LogP contribution is -2.13. The molecule has 102 valence electrons. The molecule has 8 heteroatoms. The Kier molecular flexibility index (Phi) is 3.54. The minimum atomic E-state index is -3.70. The molecule has 7 nitrogen and oxygen atoms in total. The first kappa shape index (κ1) is 13.5. The molecule has 0 aliphatic heterocycles. The molecule has 2 N–H and O–H groups in total. The third-order valence-corrected chi connectivity index (χ3v) is 3.70. The maximum Gasteiger partial charge on any atom is 0.238 e. The minimum absolute atomic E-state index is 0.0958. The molecule has 0 aliphatic carbocycles. The number of hydrogen-bond donors (Lipinski definition) is 1. The van der Waals surface area contributed by atoms with Crippen LogP contribution in [-0.4, -0.2) is 23.2 Å². The fourth-order valence-corrected chi connectivity index (χ4v) is 2.38. The van der Waals surface area contributed by atoms with Crippen molar-refractivity contribution in [3.8, 4) is 5.75 Å². The fraction of sp³-hybridized carbons (Fsp3) is 0.273. The number of rotatable bonds is 4. The van der Waals surface area contributed by atoms with E-state index in [1.807, 2.05) is 7.05 Å². The summed E-state index contributed by atoms with van der Waals surface area (Å²) in [4.78, 5) is 0.0958. The van der Waals surface area contributed by atoms with E-state index in [4.69, 9.17) is 9.88 Å². The van der Waals surface area contributed by atoms with Gasteiger partial charge in [0.2, 0.25) is 10.0 Å². The molecular formula is C11H14N4O3S. The monoisotopic (exact) mass is 282 g/mol. The number of aryl methyl sites for hydroxylation is 2. The summed E-state index contributed by atoms with van der Waals surface area (Å²) in [7, 11) is -1.88. The van der Waals surface area contributed by atoms with Gasteiger partial charge in [0.1, 0.15) is 18.7 Å². The van der Waals surface area contributed by atoms with Crippen LogP contribution < -0.4 is 9.88 Å². The van der Waals surface area contributed by atoms with Crippen molar-refractivity contribution < 1.29 is 13.2 Å². The SMILES string of the molecule is Cc1cc(OCc2nncn2C)ccc1S(N)(=O)=O. The highest BCUT2D eigenvalue weighted by Crippen LogP contribution is 2.20. The van der Waals surface area contributed by atoms with Gasteiger partial charge in [-0.2, -0.15) is 0 Å². The van der Waals surface area contributed by atoms with Crippen molar-refractivity contribution >= 4 is 10.0 Å². The number of hydrogen-bond acceptors (Lipinski definition) is 5. The van der Waals surface area contributed by atoms with E-state index in [9.17, 15) is 8.42 Å². The van der Waals surface area contributed by atoms with E-state index in [0.717, 1.165) is 0 Å². The van der Waals surface area contributed by atoms with Crippen LogP contribution in [0, 0.1) is 6.92 Å². The lowest BCUT2D eigenvalue weighted by atomic mass is 10.2. The molecule has 0 saturated carbocycles. The Bertz CT molecular complexity index is 694. The van der Waals surface area contributed by atoms with Gasteiger partial charge < -0.3 is 9.30 Å². The van der Waals surface area contributed by atoms with Gasteiger partial charge in [-0.25, -0.2) is 13.6 Å². The number of nitrogens with two attached hydrogens (primary N) is 1. The van der Waals surface area contributed by atoms with Crippen LogP contribution >= 0.6 is 0 Å². The summed E-state index contributed by atoms with van der Waals surface area (Å²) in [5, 5.41) is 12.7. The zero-order valence-electron chi connectivity index (χ0n) is 10.6. The van der Waals surface area contributed by atoms with Gasteiger partial charge in [-0.05, 0) is 30.7 Å². The molecule has 0 saturated heterocycles. The first-order chi connectivity index (χ1) is 8.88. The van der Waals surface area contributed by atoms with Crippen LogP contribution in [0.15, 0.2) is 29.4 Å². The molecule has 0 radical (unpaired) electrons. The maximum absolute atomic E-state index is 11.3. The summed E-state index contributed by atoms with van der Waals surface area (Å²) in [5.41, 5.74) is 0.540. The van der Waals surface area contributed by atoms with E-state index in [2.05, 4.69) is 10.2 Å². The van der Waals surface area contributed by atoms with Crippen LogP contribution in [0.25, 0.3) is 0 Å². The number of sulfonamides is 1. The Balaban J connectivity index is 2.15. The molecule has 0 aliphatic rings. The average Bonchev–Trinajstić information content (AvgIpc) is 2.70. The normalized spacial score (nSPS) is 11.5. The fourth-order valence-electron chi connectivity index (χ4n) is 1.62. The number of ether oxygens (including phenoxy) is 1. The summed E-state index contributed by atoms with van der Waals surface area (Å²) in [6.45, 7) is 1.92. The van der Waals surface area contributed by atoms with E-state index in [0.29, 0.717) is 17.1 Å². The smallest absolute Gasteiger partial charge is 0.238 e. The zero-order valence-corrected chi connectivity index (χ0v) is 11.4. The third kappa shape index (κ3) is 3.09. The molecule has 0 atom stereocenters. The average molecular weight is 282 g/mol. The van der Waals surface area contributed by atoms with Gasteiger partial charge in [0.25, 0.3) is 0 Å². The molecule has 0 fully saturated rings. The molecule has 0 amide bonds. The number of nitrogens with zero attached hydrogens (tertiary/aromatic N) is 3. The topological polar surface area (TPSA) is 100 Å². The van der Waals surface area contributed by atoms with E-state index in [1.54, 1.807) is 30.0 Å². The van der Waals surface area contributed by atoms with Gasteiger partial charge in [0.05, 0.1) is 4.90 Å². The molecular weight excluding hydrogens is 268 g/mol. The number of benzene rings is 1. The van der Waals surface area contributed by atoms with E-state index >= 15 is 0 Å². The lowest BCUT2D eigenvalue weighted by molar-refractivity contribution is 0.291. The summed E-state index contributed by atoms with van der Waals surface area (Å²) < 4.78 is 29.8. The van der Waals surface area contributed by atoms with Crippen molar-refractivity contribution in [2.24, 2.45) is 12.2 Å². The van der Waals surface area contributed by atoms with E-state index < -0.39 is 10.0 Å². The van der Waals surface area contributed by atoms with E-state index in [1.165, 1.54) is 6.07 Å². The standard InChI is InChI=1S/C11H14N4O3S/c1-8-5-9(3-4-10(8)19(12,16)17)18-6-11-14-13-7-15(11)2/h3-5,7H,6H2,1-2H3,(H2,12,16,17). The summed E-state index contributed by atoms with van der Waals surface area (Å²) in [5.74, 6) is 1.22. The Morgan fingerprint density at radius 1 is 1.42 bits per heavy atom. The highest BCUT2D eigenvalue weighted by atomic mass is 32.2. The molecule has 0 unspecified atom stereocenters. The lowest BCUT2D eigenvalue weighted by Gasteiger charge is -2.08. The second-order valence-electron chi connectivity index (χ2n) is 4.12. The molecule has 1 heterocycles. The van der Waals surface area contributed by atoms with Gasteiger partial charge in [0, 0.05) is 7.05 Å². The van der Waals surface area contributed by atoms with Crippen LogP contribution in [0.1, 0.15) is 11.4 Å². The minimum Gasteiger partial charge on any atom is -0.486 e. The molecule has 1 aromatic carbocycles. The molecule has 0 bridgehead atoms. The van der Waals surface area contributed by atoms with Crippen molar-refractivity contribution in [3.63, 3.8) is 0 Å². The van der Waals surface area contributed by atoms with Gasteiger partial charge in [-0.15, -0.1) is 10.2 Å². The number of primary sulfonamides is 1. The Morgan fingerprint density at radius 2 is 2.16 bits per heavy atom. The van der Waals surface area contributed by atoms with Crippen molar-refractivity contribution in [1.29, 1.82) is 0 Å². The molecule has 1 aromatic heterocycles. The van der Waals surface area contributed by atoms with E-state index in [-0.39, 0.29) is 11.5 Å². The van der Waals surface area contributed by atoms with Gasteiger partial charge in [-0.1, -0.05) is 0 Å². The highest BCUT2D eigenvalue weighted by Gasteiger charge is 2.12. The van der Waals surface area contributed by atoms with Crippen molar-refractivity contribution in [1.82, 2.24) is 14.8 Å². The predicted molar refractivity (Wildman–Crippen MR) is 67.9 cm³/mol. The molecule has 2 aromatic rings. The quantitative estimate of drug-likeness (QED) is 0.872. The first-order valence-corrected chi connectivity index (χ1v) is 7.01. The van der Waals surface area contributed by atoms with Crippen molar-refractivity contribution in [2.45, 2.75) is 18.4 Å². The summed E-state index contributed by atoms with van der Waals surface area (Å²) in [6, 6.07) is 4.61. The van der Waals surface area contributed by atoms with Crippen LogP contribution in [0.4, 0.5) is 0 Å². The van der Waals surface area contributed by atoms with Crippen LogP contribution in [0.5, 0.6) is 5.75 Å². The third-order valence-electron chi connectivity index (χ3n) is 2.63. The summed E-state index contributed by atoms with van der Waals surface area (Å²) >= 11 is 0. The van der Waals surface area contributed by atoms with Gasteiger partial charge >= 0.3 is 0 Å². The predicted octanol–water partition coefficient (Wildman–Crippen LogP) is 0.350. The second kappa shape index (κ2) is 4.98. The highest BCUT2D eigenvalue weighted by molar-refractivity contribution is 7.89. The van der Waals surface area contributed by atoms with Crippen LogP contribution in [-0.2, 0) is 23.7 Å². The van der Waals surface area contributed by atoms with Crippen molar-refractivity contribution in [3.05, 3.63) is 35.9 Å². The molecule has 0 spiro atoms. The first-order valence-electron chi connectivity index (χ1n) is 5.47. The van der Waals surface area contributed by atoms with Crippen LogP contribution in [0.3, 0.4) is 0 Å².